The number of rotatable bonds is 6. The number of aryl methyl sites for hydroxylation is 1. The average molecular weight is 300 g/mol. The van der Waals surface area contributed by atoms with Gasteiger partial charge in [-0.05, 0) is 24.5 Å². The molecule has 6 heteroatoms. The maximum absolute atomic E-state index is 8.75. The van der Waals surface area contributed by atoms with E-state index in [1.165, 1.54) is 17.4 Å². The van der Waals surface area contributed by atoms with E-state index in [1.54, 1.807) is 6.20 Å². The molecule has 1 aromatic carbocycles. The number of hydrogen-bond donors (Lipinski definition) is 3. The van der Waals surface area contributed by atoms with Gasteiger partial charge in [0.25, 0.3) is 0 Å². The summed E-state index contributed by atoms with van der Waals surface area (Å²) in [5, 5.41) is 15.6. The smallest absolute Gasteiger partial charge is 0.234 e. The molecule has 2 aromatic rings. The normalized spacial score (nSPS) is 16.5. The van der Waals surface area contributed by atoms with Crippen molar-refractivity contribution < 1.29 is 9.84 Å². The summed E-state index contributed by atoms with van der Waals surface area (Å²) in [6.45, 7) is 0.955. The molecule has 1 aromatic heterocycles. The van der Waals surface area contributed by atoms with E-state index in [9.17, 15) is 0 Å². The summed E-state index contributed by atoms with van der Waals surface area (Å²) >= 11 is 0. The highest BCUT2D eigenvalue weighted by molar-refractivity contribution is 5.54. The second kappa shape index (κ2) is 7.09. The third kappa shape index (κ3) is 3.65. The molecule has 116 valence electrons. The first-order chi connectivity index (χ1) is 10.8. The second-order valence-corrected chi connectivity index (χ2v) is 5.23. The van der Waals surface area contributed by atoms with Crippen LogP contribution in [-0.4, -0.2) is 40.9 Å². The van der Waals surface area contributed by atoms with Gasteiger partial charge in [0.05, 0.1) is 19.0 Å². The van der Waals surface area contributed by atoms with Gasteiger partial charge < -0.3 is 20.5 Å². The highest BCUT2D eigenvalue weighted by Crippen LogP contribution is 2.24. The molecule has 0 fully saturated rings. The van der Waals surface area contributed by atoms with Gasteiger partial charge in [-0.15, -0.1) is 0 Å². The number of aliphatic hydroxyl groups is 1. The molecule has 1 aliphatic heterocycles. The van der Waals surface area contributed by atoms with Crippen LogP contribution in [0.4, 0.5) is 11.5 Å². The third-order valence-corrected chi connectivity index (χ3v) is 3.62. The summed E-state index contributed by atoms with van der Waals surface area (Å²) in [7, 11) is 0. The predicted molar refractivity (Wildman–Crippen MR) is 85.3 cm³/mol. The largest absolute Gasteiger partial charge is 0.474 e. The number of aromatic nitrogens is 2. The molecule has 0 radical (unpaired) electrons. The fourth-order valence-electron chi connectivity index (χ4n) is 2.53. The van der Waals surface area contributed by atoms with E-state index in [-0.39, 0.29) is 13.2 Å². The van der Waals surface area contributed by atoms with Crippen LogP contribution in [0.3, 0.4) is 0 Å². The van der Waals surface area contributed by atoms with Crippen molar-refractivity contribution >= 4 is 11.5 Å². The Hall–Kier alpha value is -2.34. The molecule has 0 aliphatic carbocycles. The van der Waals surface area contributed by atoms with Crippen LogP contribution in [-0.2, 0) is 6.42 Å². The maximum atomic E-state index is 8.75. The zero-order valence-corrected chi connectivity index (χ0v) is 12.3. The molecule has 1 unspecified atom stereocenters. The number of nitrogens with zero attached hydrogens (tertiary/aromatic N) is 2. The van der Waals surface area contributed by atoms with Gasteiger partial charge in [0.2, 0.25) is 5.88 Å². The minimum Gasteiger partial charge on any atom is -0.474 e. The van der Waals surface area contributed by atoms with Crippen molar-refractivity contribution in [2.45, 2.75) is 18.9 Å². The minimum atomic E-state index is -0.0370. The summed E-state index contributed by atoms with van der Waals surface area (Å²) in [6.07, 6.45) is 5.37. The van der Waals surface area contributed by atoms with E-state index in [2.05, 4.69) is 44.9 Å². The lowest BCUT2D eigenvalue weighted by Crippen LogP contribution is -2.32. The summed E-state index contributed by atoms with van der Waals surface area (Å²) in [5.41, 5.74) is 2.59. The molecule has 0 amide bonds. The monoisotopic (exact) mass is 300 g/mol. The Labute approximate surface area is 129 Å². The molecule has 1 aliphatic rings. The lowest BCUT2D eigenvalue weighted by Gasteiger charge is -2.27. The molecule has 0 bridgehead atoms. The molecule has 2 heterocycles. The number of hydrogen-bond acceptors (Lipinski definition) is 6. The van der Waals surface area contributed by atoms with Crippen LogP contribution in [0.1, 0.15) is 12.0 Å². The van der Waals surface area contributed by atoms with Gasteiger partial charge in [-0.25, -0.2) is 0 Å². The van der Waals surface area contributed by atoms with E-state index < -0.39 is 0 Å². The van der Waals surface area contributed by atoms with Crippen LogP contribution in [0.15, 0.2) is 36.7 Å². The first kappa shape index (κ1) is 14.6. The number of para-hydroxylation sites is 1. The second-order valence-electron chi connectivity index (χ2n) is 5.23. The van der Waals surface area contributed by atoms with Crippen LogP contribution >= 0.6 is 0 Å². The van der Waals surface area contributed by atoms with Gasteiger partial charge >= 0.3 is 0 Å². The van der Waals surface area contributed by atoms with E-state index >= 15 is 0 Å². The zero-order chi connectivity index (χ0) is 15.2. The lowest BCUT2D eigenvalue weighted by atomic mass is 9.98. The van der Waals surface area contributed by atoms with Gasteiger partial charge in [-0.2, -0.15) is 4.98 Å². The van der Waals surface area contributed by atoms with Gasteiger partial charge in [0.1, 0.15) is 12.4 Å². The van der Waals surface area contributed by atoms with E-state index in [0.29, 0.717) is 17.7 Å². The minimum absolute atomic E-state index is 0.0370. The molecule has 3 rings (SSSR count). The number of fused-ring (bicyclic) bond motifs is 1. The molecule has 3 N–H and O–H groups in total. The molecular weight excluding hydrogens is 280 g/mol. The van der Waals surface area contributed by atoms with Crippen molar-refractivity contribution in [1.82, 2.24) is 9.97 Å². The molecule has 22 heavy (non-hydrogen) atoms. The molecule has 6 nitrogen and oxygen atoms in total. The molecule has 0 saturated heterocycles. The molecule has 0 spiro atoms. The third-order valence-electron chi connectivity index (χ3n) is 3.62. The Morgan fingerprint density at radius 2 is 2.23 bits per heavy atom. The fraction of sp³-hybridized carbons (Fsp3) is 0.375. The summed E-state index contributed by atoms with van der Waals surface area (Å²) in [4.78, 5) is 8.39. The van der Waals surface area contributed by atoms with Crippen LogP contribution in [0, 0.1) is 0 Å². The number of ether oxygens (including phenoxy) is 1. The Kier molecular flexibility index (Phi) is 4.70. The Balaban J connectivity index is 1.55. The van der Waals surface area contributed by atoms with Crippen molar-refractivity contribution in [2.24, 2.45) is 0 Å². The summed E-state index contributed by atoms with van der Waals surface area (Å²) in [6, 6.07) is 8.77. The van der Waals surface area contributed by atoms with Gasteiger partial charge in [-0.3, -0.25) is 4.98 Å². The van der Waals surface area contributed by atoms with Crippen molar-refractivity contribution in [3.05, 3.63) is 42.2 Å². The number of nitrogens with one attached hydrogen (secondary N) is 2. The standard InChI is InChI=1S/C16H20N4O2/c21-7-8-22-16-11-17-10-15(20-16)18-9-13-6-5-12-3-1-2-4-14(12)19-13/h1-4,10-11,13,19,21H,5-9H2,(H,18,20). The molecule has 1 atom stereocenters. The van der Waals surface area contributed by atoms with Crippen molar-refractivity contribution in [3.8, 4) is 5.88 Å². The Morgan fingerprint density at radius 3 is 3.14 bits per heavy atom. The number of benzene rings is 1. The van der Waals surface area contributed by atoms with Gasteiger partial charge in [0.15, 0.2) is 0 Å². The Bertz CT molecular complexity index is 621. The summed E-state index contributed by atoms with van der Waals surface area (Å²) < 4.78 is 5.25. The molecular formula is C16H20N4O2. The topological polar surface area (TPSA) is 79.3 Å². The quantitative estimate of drug-likeness (QED) is 0.753. The number of anilines is 2. The predicted octanol–water partition coefficient (Wildman–Crippen LogP) is 1.69. The van der Waals surface area contributed by atoms with Crippen molar-refractivity contribution in [1.29, 1.82) is 0 Å². The van der Waals surface area contributed by atoms with Crippen LogP contribution in [0.5, 0.6) is 5.88 Å². The van der Waals surface area contributed by atoms with Gasteiger partial charge in [0, 0.05) is 18.3 Å². The SMILES string of the molecule is OCCOc1cncc(NCC2CCc3ccccc3N2)n1. The van der Waals surface area contributed by atoms with Crippen molar-refractivity contribution in [2.75, 3.05) is 30.4 Å². The van der Waals surface area contributed by atoms with Crippen LogP contribution in [0.2, 0.25) is 0 Å². The van der Waals surface area contributed by atoms with Crippen LogP contribution in [0.25, 0.3) is 0 Å². The highest BCUT2D eigenvalue weighted by atomic mass is 16.5. The van der Waals surface area contributed by atoms with E-state index in [1.807, 2.05) is 0 Å². The maximum Gasteiger partial charge on any atom is 0.234 e. The molecule has 0 saturated carbocycles. The zero-order valence-electron chi connectivity index (χ0n) is 12.3. The average Bonchev–Trinajstić information content (AvgIpc) is 2.58. The van der Waals surface area contributed by atoms with E-state index in [4.69, 9.17) is 9.84 Å². The highest BCUT2D eigenvalue weighted by Gasteiger charge is 2.16. The summed E-state index contributed by atoms with van der Waals surface area (Å²) in [5.74, 6) is 1.09. The van der Waals surface area contributed by atoms with E-state index in [0.717, 1.165) is 19.4 Å². The number of aliphatic hydroxyl groups excluding tert-OH is 1. The van der Waals surface area contributed by atoms with Crippen molar-refractivity contribution in [3.63, 3.8) is 0 Å². The van der Waals surface area contributed by atoms with Gasteiger partial charge in [-0.1, -0.05) is 18.2 Å². The Morgan fingerprint density at radius 1 is 1.32 bits per heavy atom. The fourth-order valence-corrected chi connectivity index (χ4v) is 2.53. The first-order valence-corrected chi connectivity index (χ1v) is 7.49. The van der Waals surface area contributed by atoms with Crippen LogP contribution < -0.4 is 15.4 Å². The lowest BCUT2D eigenvalue weighted by molar-refractivity contribution is 0.196. The first-order valence-electron chi connectivity index (χ1n) is 7.49.